The van der Waals surface area contributed by atoms with Crippen molar-refractivity contribution in [3.05, 3.63) is 34.9 Å². The summed E-state index contributed by atoms with van der Waals surface area (Å²) in [4.78, 5) is 23.2. The van der Waals surface area contributed by atoms with Gasteiger partial charge in [0.25, 0.3) is 0 Å². The molecule has 1 aromatic rings. The smallest absolute Gasteiger partial charge is 0.337 e. The van der Waals surface area contributed by atoms with Crippen molar-refractivity contribution in [2.75, 3.05) is 7.11 Å². The Bertz CT molecular complexity index is 419. The maximum atomic E-state index is 11.9. The monoisotopic (exact) mass is 220 g/mol. The second-order valence-corrected chi connectivity index (χ2v) is 4.04. The highest BCUT2D eigenvalue weighted by atomic mass is 16.5. The zero-order chi connectivity index (χ0) is 12.3. The zero-order valence-corrected chi connectivity index (χ0v) is 10.0. The van der Waals surface area contributed by atoms with E-state index in [1.807, 2.05) is 20.8 Å². The summed E-state index contributed by atoms with van der Waals surface area (Å²) in [6, 6.07) is 5.03. The molecule has 0 unspecified atom stereocenters. The Hall–Kier alpha value is -1.64. The molecule has 0 heterocycles. The number of hydrogen-bond donors (Lipinski definition) is 0. The molecule has 0 radical (unpaired) electrons. The topological polar surface area (TPSA) is 43.4 Å². The van der Waals surface area contributed by atoms with E-state index in [1.54, 1.807) is 18.2 Å². The largest absolute Gasteiger partial charge is 0.465 e. The van der Waals surface area contributed by atoms with Crippen LogP contribution in [0.4, 0.5) is 0 Å². The molecule has 1 rings (SSSR count). The standard InChI is InChI=1S/C13H16O3/c1-8(2)12(14)11-7-10(13(15)16-4)6-5-9(11)3/h5-8H,1-4H3. The van der Waals surface area contributed by atoms with Crippen molar-refractivity contribution < 1.29 is 14.3 Å². The van der Waals surface area contributed by atoms with Crippen LogP contribution in [-0.4, -0.2) is 18.9 Å². The van der Waals surface area contributed by atoms with Gasteiger partial charge in [0.1, 0.15) is 0 Å². The van der Waals surface area contributed by atoms with Crippen LogP contribution in [0, 0.1) is 12.8 Å². The highest BCUT2D eigenvalue weighted by Gasteiger charge is 2.15. The molecule has 0 atom stereocenters. The van der Waals surface area contributed by atoms with E-state index in [-0.39, 0.29) is 11.7 Å². The van der Waals surface area contributed by atoms with Crippen LogP contribution in [0.5, 0.6) is 0 Å². The molecule has 0 fully saturated rings. The van der Waals surface area contributed by atoms with Crippen molar-refractivity contribution in [3.8, 4) is 0 Å². The normalized spacial score (nSPS) is 10.3. The summed E-state index contributed by atoms with van der Waals surface area (Å²) in [5.74, 6) is -0.451. The molecule has 3 heteroatoms. The third kappa shape index (κ3) is 2.48. The second-order valence-electron chi connectivity index (χ2n) is 4.04. The number of carbonyl (C=O) groups is 2. The lowest BCUT2D eigenvalue weighted by Gasteiger charge is -2.09. The van der Waals surface area contributed by atoms with E-state index in [2.05, 4.69) is 4.74 Å². The number of benzene rings is 1. The molecular weight excluding hydrogens is 204 g/mol. The van der Waals surface area contributed by atoms with Gasteiger partial charge < -0.3 is 4.74 Å². The van der Waals surface area contributed by atoms with Gasteiger partial charge in [0, 0.05) is 11.5 Å². The van der Waals surface area contributed by atoms with Gasteiger partial charge >= 0.3 is 5.97 Å². The molecule has 0 saturated heterocycles. The number of aryl methyl sites for hydroxylation is 1. The minimum Gasteiger partial charge on any atom is -0.465 e. The Balaban J connectivity index is 3.18. The van der Waals surface area contributed by atoms with Crippen molar-refractivity contribution in [2.24, 2.45) is 5.92 Å². The summed E-state index contributed by atoms with van der Waals surface area (Å²) in [6.45, 7) is 5.54. The SMILES string of the molecule is COC(=O)c1ccc(C)c(C(=O)C(C)C)c1. The van der Waals surface area contributed by atoms with Crippen LogP contribution in [0.15, 0.2) is 18.2 Å². The Labute approximate surface area is 95.4 Å². The number of esters is 1. The first-order valence-electron chi connectivity index (χ1n) is 5.20. The fraction of sp³-hybridized carbons (Fsp3) is 0.385. The fourth-order valence-electron chi connectivity index (χ4n) is 1.44. The van der Waals surface area contributed by atoms with Crippen LogP contribution in [0.1, 0.15) is 40.1 Å². The minimum absolute atomic E-state index is 0.0447. The van der Waals surface area contributed by atoms with Crippen LogP contribution in [0.3, 0.4) is 0 Å². The molecule has 0 saturated carbocycles. The minimum atomic E-state index is -0.419. The Kier molecular flexibility index (Phi) is 3.82. The fourth-order valence-corrected chi connectivity index (χ4v) is 1.44. The van der Waals surface area contributed by atoms with Gasteiger partial charge in [0.05, 0.1) is 12.7 Å². The average molecular weight is 220 g/mol. The van der Waals surface area contributed by atoms with Gasteiger partial charge in [-0.15, -0.1) is 0 Å². The Morgan fingerprint density at radius 3 is 2.38 bits per heavy atom. The molecule has 0 amide bonds. The number of methoxy groups -OCH3 is 1. The summed E-state index contributed by atoms with van der Waals surface area (Å²) in [5.41, 5.74) is 1.89. The maximum absolute atomic E-state index is 11.9. The predicted molar refractivity (Wildman–Crippen MR) is 61.7 cm³/mol. The molecule has 3 nitrogen and oxygen atoms in total. The first-order valence-corrected chi connectivity index (χ1v) is 5.20. The summed E-state index contributed by atoms with van der Waals surface area (Å²) in [5, 5.41) is 0. The van der Waals surface area contributed by atoms with Crippen LogP contribution in [0.2, 0.25) is 0 Å². The number of hydrogen-bond acceptors (Lipinski definition) is 3. The van der Waals surface area contributed by atoms with Crippen molar-refractivity contribution in [1.29, 1.82) is 0 Å². The molecule has 0 aliphatic rings. The summed E-state index contributed by atoms with van der Waals surface area (Å²) < 4.78 is 4.62. The Morgan fingerprint density at radius 1 is 1.25 bits per heavy atom. The van der Waals surface area contributed by atoms with Gasteiger partial charge in [-0.25, -0.2) is 4.79 Å². The van der Waals surface area contributed by atoms with Gasteiger partial charge in [-0.3, -0.25) is 4.79 Å². The van der Waals surface area contributed by atoms with E-state index < -0.39 is 5.97 Å². The molecule has 16 heavy (non-hydrogen) atoms. The van der Waals surface area contributed by atoms with Crippen molar-refractivity contribution in [3.63, 3.8) is 0 Å². The molecule has 0 N–H and O–H groups in total. The number of rotatable bonds is 3. The van der Waals surface area contributed by atoms with Gasteiger partial charge in [-0.05, 0) is 24.6 Å². The second kappa shape index (κ2) is 4.92. The van der Waals surface area contributed by atoms with E-state index in [1.165, 1.54) is 7.11 Å². The van der Waals surface area contributed by atoms with Crippen LogP contribution < -0.4 is 0 Å². The lowest BCUT2D eigenvalue weighted by Crippen LogP contribution is -2.11. The first kappa shape index (κ1) is 12.4. The lowest BCUT2D eigenvalue weighted by atomic mass is 9.95. The summed E-state index contributed by atoms with van der Waals surface area (Å²) in [7, 11) is 1.33. The van der Waals surface area contributed by atoms with E-state index >= 15 is 0 Å². The van der Waals surface area contributed by atoms with Crippen molar-refractivity contribution in [1.82, 2.24) is 0 Å². The number of ether oxygens (including phenoxy) is 1. The van der Waals surface area contributed by atoms with Crippen LogP contribution in [-0.2, 0) is 4.74 Å². The van der Waals surface area contributed by atoms with Crippen LogP contribution >= 0.6 is 0 Å². The average Bonchev–Trinajstić information content (AvgIpc) is 2.27. The molecule has 1 aromatic carbocycles. The first-order chi connectivity index (χ1) is 7.47. The van der Waals surface area contributed by atoms with Gasteiger partial charge in [0.15, 0.2) is 5.78 Å². The number of carbonyl (C=O) groups excluding carboxylic acids is 2. The molecule has 0 aliphatic heterocycles. The van der Waals surface area contributed by atoms with Gasteiger partial charge in [0.2, 0.25) is 0 Å². The maximum Gasteiger partial charge on any atom is 0.337 e. The zero-order valence-electron chi connectivity index (χ0n) is 10.0. The molecule has 0 aromatic heterocycles. The molecule has 0 aliphatic carbocycles. The summed E-state index contributed by atoms with van der Waals surface area (Å²) in [6.07, 6.45) is 0. The number of Topliss-reactive ketones (excluding diaryl/α,β-unsaturated/α-hetero) is 1. The Morgan fingerprint density at radius 2 is 1.88 bits per heavy atom. The van der Waals surface area contributed by atoms with Crippen molar-refractivity contribution in [2.45, 2.75) is 20.8 Å². The highest BCUT2D eigenvalue weighted by molar-refractivity contribution is 6.01. The van der Waals surface area contributed by atoms with Gasteiger partial charge in [-0.1, -0.05) is 19.9 Å². The predicted octanol–water partition coefficient (Wildman–Crippen LogP) is 2.62. The molecule has 0 spiro atoms. The highest BCUT2D eigenvalue weighted by Crippen LogP contribution is 2.16. The third-order valence-electron chi connectivity index (χ3n) is 2.45. The third-order valence-corrected chi connectivity index (χ3v) is 2.45. The molecule has 86 valence electrons. The van der Waals surface area contributed by atoms with E-state index in [4.69, 9.17) is 0 Å². The van der Waals surface area contributed by atoms with E-state index in [0.29, 0.717) is 11.1 Å². The lowest BCUT2D eigenvalue weighted by molar-refractivity contribution is 0.0600. The van der Waals surface area contributed by atoms with Gasteiger partial charge in [-0.2, -0.15) is 0 Å². The molecular formula is C13H16O3. The summed E-state index contributed by atoms with van der Waals surface area (Å²) >= 11 is 0. The van der Waals surface area contributed by atoms with E-state index in [0.717, 1.165) is 5.56 Å². The van der Waals surface area contributed by atoms with E-state index in [9.17, 15) is 9.59 Å². The quantitative estimate of drug-likeness (QED) is 0.581. The van der Waals surface area contributed by atoms with Crippen LogP contribution in [0.25, 0.3) is 0 Å². The number of ketones is 1. The van der Waals surface area contributed by atoms with Crippen molar-refractivity contribution >= 4 is 11.8 Å². The molecule has 0 bridgehead atoms.